The van der Waals surface area contributed by atoms with Gasteiger partial charge in [0.15, 0.2) is 0 Å². The van der Waals surface area contributed by atoms with Crippen LogP contribution in [0.4, 0.5) is 5.69 Å². The molecule has 0 radical (unpaired) electrons. The maximum Gasteiger partial charge on any atom is 0.322 e. The predicted octanol–water partition coefficient (Wildman–Crippen LogP) is 1.27. The van der Waals surface area contributed by atoms with Crippen molar-refractivity contribution in [3.8, 4) is 0 Å². The fourth-order valence-corrected chi connectivity index (χ4v) is 1.72. The molecular formula is C11H15ClN2O2. The smallest absolute Gasteiger partial charge is 0.322 e. The summed E-state index contributed by atoms with van der Waals surface area (Å²) in [6.07, 6.45) is 0.382. The lowest BCUT2D eigenvalue weighted by molar-refractivity contribution is -0.142. The SMILES string of the molecule is COC(=O)[C@@H](N)Cc1cc(C)c(N)c(Cl)c1. The van der Waals surface area contributed by atoms with Crippen LogP contribution in [-0.4, -0.2) is 19.1 Å². The maximum atomic E-state index is 11.1. The minimum absolute atomic E-state index is 0.382. The van der Waals surface area contributed by atoms with Gasteiger partial charge in [-0.25, -0.2) is 0 Å². The second-order valence-corrected chi connectivity index (χ2v) is 4.05. The predicted molar refractivity (Wildman–Crippen MR) is 64.3 cm³/mol. The molecule has 0 aliphatic rings. The zero-order valence-electron chi connectivity index (χ0n) is 9.29. The van der Waals surface area contributed by atoms with E-state index in [1.165, 1.54) is 7.11 Å². The summed E-state index contributed by atoms with van der Waals surface area (Å²) in [6, 6.07) is 2.90. The summed E-state index contributed by atoms with van der Waals surface area (Å²) in [4.78, 5) is 11.1. The lowest BCUT2D eigenvalue weighted by Gasteiger charge is -2.11. The first kappa shape index (κ1) is 12.8. The number of methoxy groups -OCH3 is 1. The van der Waals surface area contributed by atoms with Crippen molar-refractivity contribution in [3.63, 3.8) is 0 Å². The molecule has 4 nitrogen and oxygen atoms in total. The van der Waals surface area contributed by atoms with Gasteiger partial charge in [-0.05, 0) is 30.5 Å². The number of halogens is 1. The van der Waals surface area contributed by atoms with Crippen molar-refractivity contribution in [1.82, 2.24) is 0 Å². The number of carbonyl (C=O) groups is 1. The number of ether oxygens (including phenoxy) is 1. The second-order valence-electron chi connectivity index (χ2n) is 3.64. The molecule has 0 amide bonds. The third-order valence-corrected chi connectivity index (χ3v) is 2.67. The van der Waals surface area contributed by atoms with Crippen LogP contribution in [0.15, 0.2) is 12.1 Å². The highest BCUT2D eigenvalue weighted by Crippen LogP contribution is 2.24. The van der Waals surface area contributed by atoms with Crippen LogP contribution in [0, 0.1) is 6.92 Å². The first-order valence-electron chi connectivity index (χ1n) is 4.83. The standard InChI is InChI=1S/C11H15ClN2O2/c1-6-3-7(4-8(12)10(6)14)5-9(13)11(15)16-2/h3-4,9H,5,13-14H2,1-2H3/t9-/m0/s1. The molecule has 0 heterocycles. The molecule has 0 saturated carbocycles. The Balaban J connectivity index is 2.86. The minimum atomic E-state index is -0.677. The fourth-order valence-electron chi connectivity index (χ4n) is 1.43. The minimum Gasteiger partial charge on any atom is -0.468 e. The zero-order chi connectivity index (χ0) is 12.3. The first-order valence-corrected chi connectivity index (χ1v) is 5.21. The number of anilines is 1. The molecule has 0 unspecified atom stereocenters. The molecule has 0 fully saturated rings. The highest BCUT2D eigenvalue weighted by molar-refractivity contribution is 6.33. The number of nitrogens with two attached hydrogens (primary N) is 2. The molecule has 4 N–H and O–H groups in total. The second kappa shape index (κ2) is 5.18. The van der Waals surface area contributed by atoms with E-state index in [0.29, 0.717) is 17.1 Å². The molecule has 1 aromatic carbocycles. The molecule has 1 rings (SSSR count). The number of carbonyl (C=O) groups excluding carboxylic acids is 1. The van der Waals surface area contributed by atoms with Crippen molar-refractivity contribution < 1.29 is 9.53 Å². The zero-order valence-corrected chi connectivity index (χ0v) is 10.0. The number of esters is 1. The van der Waals surface area contributed by atoms with Crippen LogP contribution >= 0.6 is 11.6 Å². The molecule has 1 atom stereocenters. The lowest BCUT2D eigenvalue weighted by atomic mass is 10.0. The Morgan fingerprint density at radius 1 is 1.56 bits per heavy atom. The van der Waals surface area contributed by atoms with Crippen molar-refractivity contribution in [2.24, 2.45) is 5.73 Å². The molecule has 0 bridgehead atoms. The molecular weight excluding hydrogens is 228 g/mol. The fraction of sp³-hybridized carbons (Fsp3) is 0.364. The molecule has 0 saturated heterocycles. The van der Waals surface area contributed by atoms with Crippen molar-refractivity contribution >= 4 is 23.3 Å². The number of hydrogen-bond acceptors (Lipinski definition) is 4. The Hall–Kier alpha value is -1.26. The van der Waals surface area contributed by atoms with Gasteiger partial charge in [0.05, 0.1) is 17.8 Å². The summed E-state index contributed by atoms with van der Waals surface area (Å²) in [5, 5.41) is 0.479. The van der Waals surface area contributed by atoms with Crippen molar-refractivity contribution in [2.45, 2.75) is 19.4 Å². The monoisotopic (exact) mass is 242 g/mol. The number of rotatable bonds is 3. The number of hydrogen-bond donors (Lipinski definition) is 2. The van der Waals surface area contributed by atoms with Crippen LogP contribution in [0.25, 0.3) is 0 Å². The largest absolute Gasteiger partial charge is 0.468 e. The van der Waals surface area contributed by atoms with Gasteiger partial charge in [0.2, 0.25) is 0 Å². The van der Waals surface area contributed by atoms with Crippen LogP contribution in [-0.2, 0) is 16.0 Å². The van der Waals surface area contributed by atoms with Gasteiger partial charge in [-0.3, -0.25) is 4.79 Å². The average Bonchev–Trinajstić information content (AvgIpc) is 2.24. The van der Waals surface area contributed by atoms with Crippen LogP contribution < -0.4 is 11.5 Å². The van der Waals surface area contributed by atoms with Gasteiger partial charge in [-0.1, -0.05) is 17.7 Å². The molecule has 0 aliphatic carbocycles. The van der Waals surface area contributed by atoms with Crippen molar-refractivity contribution in [1.29, 1.82) is 0 Å². The van der Waals surface area contributed by atoms with E-state index in [2.05, 4.69) is 4.74 Å². The molecule has 88 valence electrons. The molecule has 0 aliphatic heterocycles. The number of nitrogen functional groups attached to an aromatic ring is 1. The first-order chi connectivity index (χ1) is 7.45. The molecule has 16 heavy (non-hydrogen) atoms. The Bertz CT molecular complexity index is 384. The summed E-state index contributed by atoms with van der Waals surface area (Å²) in [5.74, 6) is -0.439. The third kappa shape index (κ3) is 2.87. The maximum absolute atomic E-state index is 11.1. The number of aryl methyl sites for hydroxylation is 1. The normalized spacial score (nSPS) is 12.2. The van der Waals surface area contributed by atoms with Gasteiger partial charge in [0, 0.05) is 0 Å². The third-order valence-electron chi connectivity index (χ3n) is 2.36. The molecule has 0 spiro atoms. The lowest BCUT2D eigenvalue weighted by Crippen LogP contribution is -2.33. The van der Waals surface area contributed by atoms with E-state index in [9.17, 15) is 4.79 Å². The summed E-state index contributed by atoms with van der Waals surface area (Å²) in [5.41, 5.74) is 13.7. The van der Waals surface area contributed by atoms with E-state index < -0.39 is 12.0 Å². The van der Waals surface area contributed by atoms with Gasteiger partial charge in [0.1, 0.15) is 6.04 Å². The highest BCUT2D eigenvalue weighted by atomic mass is 35.5. The molecule has 1 aromatic rings. The summed E-state index contributed by atoms with van der Waals surface area (Å²) in [6.45, 7) is 1.86. The van der Waals surface area contributed by atoms with Crippen LogP contribution in [0.5, 0.6) is 0 Å². The Morgan fingerprint density at radius 2 is 2.19 bits per heavy atom. The van der Waals surface area contributed by atoms with Gasteiger partial charge in [0.25, 0.3) is 0 Å². The Kier molecular flexibility index (Phi) is 4.15. The van der Waals surface area contributed by atoms with Crippen LogP contribution in [0.1, 0.15) is 11.1 Å². The van der Waals surface area contributed by atoms with Gasteiger partial charge >= 0.3 is 5.97 Å². The van der Waals surface area contributed by atoms with Crippen molar-refractivity contribution in [2.75, 3.05) is 12.8 Å². The average molecular weight is 243 g/mol. The number of benzene rings is 1. The summed E-state index contributed by atoms with van der Waals surface area (Å²) < 4.78 is 4.55. The molecule has 0 aromatic heterocycles. The highest BCUT2D eigenvalue weighted by Gasteiger charge is 2.15. The van der Waals surface area contributed by atoms with Gasteiger partial charge < -0.3 is 16.2 Å². The van der Waals surface area contributed by atoms with Crippen molar-refractivity contribution in [3.05, 3.63) is 28.3 Å². The van der Waals surface area contributed by atoms with E-state index in [4.69, 9.17) is 23.1 Å². The quantitative estimate of drug-likeness (QED) is 0.618. The van der Waals surface area contributed by atoms with Gasteiger partial charge in [-0.15, -0.1) is 0 Å². The summed E-state index contributed by atoms with van der Waals surface area (Å²) >= 11 is 5.93. The molecule has 5 heteroatoms. The Labute approximate surface area is 99.5 Å². The van der Waals surface area contributed by atoms with E-state index in [1.807, 2.05) is 13.0 Å². The van der Waals surface area contributed by atoms with E-state index in [-0.39, 0.29) is 0 Å². The van der Waals surface area contributed by atoms with E-state index in [1.54, 1.807) is 6.07 Å². The summed E-state index contributed by atoms with van der Waals surface area (Å²) in [7, 11) is 1.31. The van der Waals surface area contributed by atoms with E-state index >= 15 is 0 Å². The van der Waals surface area contributed by atoms with Crippen LogP contribution in [0.3, 0.4) is 0 Å². The van der Waals surface area contributed by atoms with E-state index in [0.717, 1.165) is 11.1 Å². The van der Waals surface area contributed by atoms with Crippen LogP contribution in [0.2, 0.25) is 5.02 Å². The topological polar surface area (TPSA) is 78.3 Å². The van der Waals surface area contributed by atoms with Gasteiger partial charge in [-0.2, -0.15) is 0 Å². The Morgan fingerprint density at radius 3 is 2.69 bits per heavy atom.